The molecule has 16 heavy (non-hydrogen) atoms. The van der Waals surface area contributed by atoms with Crippen molar-refractivity contribution >= 4 is 27.2 Å². The molecule has 0 spiro atoms. The van der Waals surface area contributed by atoms with Gasteiger partial charge in [0.2, 0.25) is 10.0 Å². The number of thiocarbonyl (C=S) groups is 1. The Balaban J connectivity index is 3.04. The van der Waals surface area contributed by atoms with Crippen LogP contribution in [0.3, 0.4) is 0 Å². The fourth-order valence-corrected chi connectivity index (χ4v) is 2.45. The maximum Gasteiger partial charge on any atom is 0.244 e. The van der Waals surface area contributed by atoms with Crippen LogP contribution in [0.1, 0.15) is 6.92 Å². The molecular weight excluding hydrogens is 251 g/mol. The van der Waals surface area contributed by atoms with Gasteiger partial charge in [-0.1, -0.05) is 24.4 Å². The third-order valence-corrected chi connectivity index (χ3v) is 3.81. The zero-order valence-electron chi connectivity index (χ0n) is 8.48. The Bertz CT molecular complexity index is 502. The third-order valence-electron chi connectivity index (χ3n) is 1.88. The van der Waals surface area contributed by atoms with Crippen molar-refractivity contribution in [3.8, 4) is 0 Å². The van der Waals surface area contributed by atoms with E-state index in [1.165, 1.54) is 25.1 Å². The van der Waals surface area contributed by atoms with Crippen molar-refractivity contribution in [1.82, 2.24) is 4.72 Å². The molecule has 0 heterocycles. The Morgan fingerprint density at radius 1 is 1.50 bits per heavy atom. The fraction of sp³-hybridized carbons (Fsp3) is 0.222. The Kier molecular flexibility index (Phi) is 3.95. The van der Waals surface area contributed by atoms with E-state index in [1.54, 1.807) is 0 Å². The maximum atomic E-state index is 13.3. The average molecular weight is 262 g/mol. The molecule has 7 heteroatoms. The fourth-order valence-electron chi connectivity index (χ4n) is 1.02. The van der Waals surface area contributed by atoms with Crippen molar-refractivity contribution in [1.29, 1.82) is 0 Å². The van der Waals surface area contributed by atoms with Gasteiger partial charge in [-0.25, -0.2) is 17.5 Å². The minimum absolute atomic E-state index is 0.0000794. The summed E-state index contributed by atoms with van der Waals surface area (Å²) in [6.45, 7) is 1.49. The quantitative estimate of drug-likeness (QED) is 0.787. The number of rotatable bonds is 4. The lowest BCUT2D eigenvalue weighted by atomic mass is 10.3. The smallest absolute Gasteiger partial charge is 0.244 e. The Labute approximate surface area is 98.7 Å². The topological polar surface area (TPSA) is 72.2 Å². The second-order valence-corrected chi connectivity index (χ2v) is 5.33. The van der Waals surface area contributed by atoms with Crippen LogP contribution in [0.5, 0.6) is 0 Å². The number of nitrogens with one attached hydrogen (secondary N) is 1. The molecule has 1 rings (SSSR count). The second kappa shape index (κ2) is 4.86. The summed E-state index contributed by atoms with van der Waals surface area (Å²) < 4.78 is 38.8. The molecule has 1 atom stereocenters. The molecule has 88 valence electrons. The molecule has 0 saturated carbocycles. The van der Waals surface area contributed by atoms with Crippen LogP contribution in [-0.2, 0) is 10.0 Å². The summed E-state index contributed by atoms with van der Waals surface area (Å²) in [5, 5.41) is 0. The van der Waals surface area contributed by atoms with Gasteiger partial charge < -0.3 is 5.73 Å². The van der Waals surface area contributed by atoms with Gasteiger partial charge in [0.15, 0.2) is 0 Å². The van der Waals surface area contributed by atoms with Gasteiger partial charge >= 0.3 is 0 Å². The van der Waals surface area contributed by atoms with Gasteiger partial charge in [-0.05, 0) is 19.1 Å². The monoisotopic (exact) mass is 262 g/mol. The Morgan fingerprint density at radius 3 is 2.56 bits per heavy atom. The minimum Gasteiger partial charge on any atom is -0.392 e. The molecule has 0 radical (unpaired) electrons. The zero-order valence-corrected chi connectivity index (χ0v) is 10.1. The lowest BCUT2D eigenvalue weighted by Gasteiger charge is -2.12. The molecule has 1 unspecified atom stereocenters. The van der Waals surface area contributed by atoms with Crippen LogP contribution in [0.4, 0.5) is 4.39 Å². The molecule has 0 aliphatic heterocycles. The normalized spacial score (nSPS) is 13.4. The third kappa shape index (κ3) is 2.97. The molecule has 0 amide bonds. The summed E-state index contributed by atoms with van der Waals surface area (Å²) >= 11 is 4.63. The highest BCUT2D eigenvalue weighted by molar-refractivity contribution is 7.89. The van der Waals surface area contributed by atoms with Crippen LogP contribution in [0, 0.1) is 5.82 Å². The van der Waals surface area contributed by atoms with E-state index >= 15 is 0 Å². The lowest BCUT2D eigenvalue weighted by molar-refractivity contribution is 0.555. The Hall–Kier alpha value is -1.05. The van der Waals surface area contributed by atoms with Gasteiger partial charge in [0.05, 0.1) is 11.0 Å². The first-order chi connectivity index (χ1) is 7.34. The van der Waals surface area contributed by atoms with Crippen LogP contribution in [0.2, 0.25) is 0 Å². The maximum absolute atomic E-state index is 13.3. The number of hydrogen-bond acceptors (Lipinski definition) is 3. The molecule has 0 aliphatic carbocycles. The van der Waals surface area contributed by atoms with E-state index < -0.39 is 26.8 Å². The standard InChI is InChI=1S/C9H11FN2O2S2/c1-6(9(11)15)12-16(13,14)8-5-3-2-4-7(8)10/h2-6,12H,1H3,(H2,11,15). The molecular formula is C9H11FN2O2S2. The molecule has 0 aliphatic rings. The molecule has 1 aromatic rings. The molecule has 0 fully saturated rings. The molecule has 1 aromatic carbocycles. The molecule has 0 bridgehead atoms. The Morgan fingerprint density at radius 2 is 2.06 bits per heavy atom. The van der Waals surface area contributed by atoms with E-state index in [0.29, 0.717) is 0 Å². The van der Waals surface area contributed by atoms with Crippen LogP contribution in [0.25, 0.3) is 0 Å². The van der Waals surface area contributed by atoms with Gasteiger partial charge in [0, 0.05) is 0 Å². The summed E-state index contributed by atoms with van der Waals surface area (Å²) in [6.07, 6.45) is 0. The zero-order chi connectivity index (χ0) is 12.3. The second-order valence-electron chi connectivity index (χ2n) is 3.18. The summed E-state index contributed by atoms with van der Waals surface area (Å²) in [7, 11) is -3.93. The van der Waals surface area contributed by atoms with Crippen molar-refractivity contribution in [2.24, 2.45) is 5.73 Å². The molecule has 0 saturated heterocycles. The first-order valence-electron chi connectivity index (χ1n) is 4.41. The van der Waals surface area contributed by atoms with Crippen molar-refractivity contribution < 1.29 is 12.8 Å². The number of hydrogen-bond donors (Lipinski definition) is 2. The van der Waals surface area contributed by atoms with Crippen LogP contribution >= 0.6 is 12.2 Å². The van der Waals surface area contributed by atoms with Gasteiger partial charge in [0.25, 0.3) is 0 Å². The first kappa shape index (κ1) is 13.0. The van der Waals surface area contributed by atoms with Gasteiger partial charge in [-0.15, -0.1) is 0 Å². The van der Waals surface area contributed by atoms with E-state index in [2.05, 4.69) is 16.9 Å². The minimum atomic E-state index is -3.93. The number of benzene rings is 1. The van der Waals surface area contributed by atoms with E-state index in [0.717, 1.165) is 6.07 Å². The van der Waals surface area contributed by atoms with Crippen LogP contribution in [0.15, 0.2) is 29.2 Å². The van der Waals surface area contributed by atoms with Gasteiger partial charge in [-0.3, -0.25) is 0 Å². The van der Waals surface area contributed by atoms with E-state index in [-0.39, 0.29) is 4.99 Å². The molecule has 0 aromatic heterocycles. The predicted molar refractivity (Wildman–Crippen MR) is 63.0 cm³/mol. The molecule has 3 N–H and O–H groups in total. The van der Waals surface area contributed by atoms with E-state index in [9.17, 15) is 12.8 Å². The molecule has 4 nitrogen and oxygen atoms in total. The van der Waals surface area contributed by atoms with Crippen molar-refractivity contribution in [2.75, 3.05) is 0 Å². The predicted octanol–water partition coefficient (Wildman–Crippen LogP) is 0.779. The lowest BCUT2D eigenvalue weighted by Crippen LogP contribution is -2.41. The van der Waals surface area contributed by atoms with E-state index in [1.807, 2.05) is 0 Å². The van der Waals surface area contributed by atoms with Crippen LogP contribution < -0.4 is 10.5 Å². The highest BCUT2D eigenvalue weighted by Crippen LogP contribution is 2.13. The van der Waals surface area contributed by atoms with Gasteiger partial charge in [-0.2, -0.15) is 0 Å². The van der Waals surface area contributed by atoms with Crippen molar-refractivity contribution in [3.05, 3.63) is 30.1 Å². The van der Waals surface area contributed by atoms with Crippen molar-refractivity contribution in [3.63, 3.8) is 0 Å². The number of halogens is 1. The highest BCUT2D eigenvalue weighted by Gasteiger charge is 2.21. The summed E-state index contributed by atoms with van der Waals surface area (Å²) in [5.74, 6) is -0.815. The van der Waals surface area contributed by atoms with Crippen molar-refractivity contribution in [2.45, 2.75) is 17.9 Å². The number of nitrogens with two attached hydrogens (primary N) is 1. The summed E-state index contributed by atoms with van der Waals surface area (Å²) in [4.78, 5) is -0.419. The van der Waals surface area contributed by atoms with E-state index in [4.69, 9.17) is 5.73 Å². The largest absolute Gasteiger partial charge is 0.392 e. The number of sulfonamides is 1. The summed E-state index contributed by atoms with van der Waals surface area (Å²) in [5.41, 5.74) is 5.27. The first-order valence-corrected chi connectivity index (χ1v) is 6.30. The summed E-state index contributed by atoms with van der Waals surface area (Å²) in [6, 6.07) is 4.36. The van der Waals surface area contributed by atoms with Gasteiger partial charge in [0.1, 0.15) is 10.7 Å². The average Bonchev–Trinajstić information content (AvgIpc) is 2.17. The van der Waals surface area contributed by atoms with Crippen LogP contribution in [-0.4, -0.2) is 19.4 Å². The highest BCUT2D eigenvalue weighted by atomic mass is 32.2. The SMILES string of the molecule is CC(NS(=O)(=O)c1ccccc1F)C(N)=S.